The van der Waals surface area contributed by atoms with Crippen molar-refractivity contribution in [3.63, 3.8) is 0 Å². The second kappa shape index (κ2) is 4.87. The Morgan fingerprint density at radius 2 is 2.09 bits per heavy atom. The number of urea groups is 1. The van der Waals surface area contributed by atoms with Crippen molar-refractivity contribution in [1.82, 2.24) is 14.8 Å². The van der Waals surface area contributed by atoms with E-state index in [0.717, 1.165) is 4.90 Å². The number of carbonyl (C=O) groups excluding carboxylic acids is 3. The first-order valence-electron chi connectivity index (χ1n) is 6.76. The van der Waals surface area contributed by atoms with Crippen LogP contribution in [0.2, 0.25) is 0 Å². The van der Waals surface area contributed by atoms with Crippen molar-refractivity contribution in [2.45, 2.75) is 12.5 Å². The smallest absolute Gasteiger partial charge is 0.325 e. The predicted octanol–water partition coefficient (Wildman–Crippen LogP) is 1.27. The molecule has 1 fully saturated rings. The normalized spacial score (nSPS) is 21.3. The van der Waals surface area contributed by atoms with Gasteiger partial charge >= 0.3 is 6.03 Å². The van der Waals surface area contributed by atoms with Gasteiger partial charge in [0.15, 0.2) is 11.3 Å². The number of aromatic nitrogens is 1. The Morgan fingerprint density at radius 3 is 2.68 bits per heavy atom. The molecule has 114 valence electrons. The molecule has 0 radical (unpaired) electrons. The van der Waals surface area contributed by atoms with Gasteiger partial charge in [-0.1, -0.05) is 0 Å². The van der Waals surface area contributed by atoms with Gasteiger partial charge < -0.3 is 14.3 Å². The van der Waals surface area contributed by atoms with Crippen LogP contribution in [0.3, 0.4) is 0 Å². The van der Waals surface area contributed by atoms with E-state index in [-0.39, 0.29) is 12.3 Å². The van der Waals surface area contributed by atoms with E-state index >= 15 is 0 Å². The van der Waals surface area contributed by atoms with Gasteiger partial charge in [-0.15, -0.1) is 0 Å². The van der Waals surface area contributed by atoms with Crippen molar-refractivity contribution < 1.29 is 18.8 Å². The largest absolute Gasteiger partial charge is 0.466 e. The molecule has 7 heteroatoms. The zero-order valence-electron chi connectivity index (χ0n) is 12.2. The zero-order chi connectivity index (χ0) is 15.9. The SMILES string of the molecule is Cn1cccc1C(=O)CN1C(=O)NC(C)(c2ccco2)C1=O. The maximum absolute atomic E-state index is 12.5. The van der Waals surface area contributed by atoms with E-state index in [1.165, 1.54) is 6.26 Å². The summed E-state index contributed by atoms with van der Waals surface area (Å²) < 4.78 is 6.88. The van der Waals surface area contributed by atoms with Crippen LogP contribution in [0.25, 0.3) is 0 Å². The molecule has 0 aromatic carbocycles. The molecule has 1 aliphatic heterocycles. The molecule has 1 atom stereocenters. The molecular formula is C15H15N3O4. The fourth-order valence-corrected chi connectivity index (χ4v) is 2.55. The quantitative estimate of drug-likeness (QED) is 0.681. The maximum Gasteiger partial charge on any atom is 0.325 e. The Morgan fingerprint density at radius 1 is 1.32 bits per heavy atom. The van der Waals surface area contributed by atoms with Crippen molar-refractivity contribution in [1.29, 1.82) is 0 Å². The van der Waals surface area contributed by atoms with Gasteiger partial charge in [-0.2, -0.15) is 0 Å². The zero-order valence-corrected chi connectivity index (χ0v) is 12.2. The second-order valence-corrected chi connectivity index (χ2v) is 5.35. The Hall–Kier alpha value is -2.83. The number of nitrogens with one attached hydrogen (secondary N) is 1. The summed E-state index contributed by atoms with van der Waals surface area (Å²) in [6, 6.07) is 6.02. The number of nitrogens with zero attached hydrogens (tertiary/aromatic N) is 2. The third-order valence-corrected chi connectivity index (χ3v) is 3.82. The van der Waals surface area contributed by atoms with E-state index < -0.39 is 17.5 Å². The third-order valence-electron chi connectivity index (χ3n) is 3.82. The minimum atomic E-state index is -1.28. The second-order valence-electron chi connectivity index (χ2n) is 5.35. The number of aryl methyl sites for hydroxylation is 1. The van der Waals surface area contributed by atoms with Crippen molar-refractivity contribution in [3.05, 3.63) is 48.2 Å². The Labute approximate surface area is 126 Å². The van der Waals surface area contributed by atoms with Crippen molar-refractivity contribution in [3.8, 4) is 0 Å². The van der Waals surface area contributed by atoms with Gasteiger partial charge in [0.25, 0.3) is 5.91 Å². The number of imide groups is 1. The monoisotopic (exact) mass is 301 g/mol. The van der Waals surface area contributed by atoms with Gasteiger partial charge in [0.05, 0.1) is 18.5 Å². The Balaban J connectivity index is 1.84. The minimum Gasteiger partial charge on any atom is -0.466 e. The number of amides is 3. The molecule has 3 heterocycles. The molecule has 2 aromatic heterocycles. The summed E-state index contributed by atoms with van der Waals surface area (Å²) in [5.74, 6) is -0.477. The number of Topliss-reactive ketones (excluding diaryl/α,β-unsaturated/α-hetero) is 1. The van der Waals surface area contributed by atoms with Crippen LogP contribution >= 0.6 is 0 Å². The van der Waals surface area contributed by atoms with Gasteiger partial charge in [-0.25, -0.2) is 4.79 Å². The van der Waals surface area contributed by atoms with Crippen LogP contribution in [0.1, 0.15) is 23.2 Å². The molecule has 1 N–H and O–H groups in total. The Bertz CT molecular complexity index is 747. The summed E-state index contributed by atoms with van der Waals surface area (Å²) in [7, 11) is 1.73. The van der Waals surface area contributed by atoms with Gasteiger partial charge in [-0.05, 0) is 31.2 Å². The molecule has 22 heavy (non-hydrogen) atoms. The van der Waals surface area contributed by atoms with Crippen LogP contribution in [-0.2, 0) is 17.4 Å². The molecular weight excluding hydrogens is 286 g/mol. The average molecular weight is 301 g/mol. The lowest BCUT2D eigenvalue weighted by Crippen LogP contribution is -2.41. The van der Waals surface area contributed by atoms with Crippen LogP contribution in [0.15, 0.2) is 41.1 Å². The van der Waals surface area contributed by atoms with E-state index in [0.29, 0.717) is 11.5 Å². The highest BCUT2D eigenvalue weighted by atomic mass is 16.3. The highest BCUT2D eigenvalue weighted by Crippen LogP contribution is 2.29. The summed E-state index contributed by atoms with van der Waals surface area (Å²) in [5.41, 5.74) is -0.845. The molecule has 1 aliphatic rings. The van der Waals surface area contributed by atoms with Crippen LogP contribution in [0.4, 0.5) is 4.79 Å². The molecule has 1 unspecified atom stereocenters. The van der Waals surface area contributed by atoms with Gasteiger partial charge in [0.2, 0.25) is 0 Å². The lowest BCUT2D eigenvalue weighted by Gasteiger charge is -2.18. The highest BCUT2D eigenvalue weighted by molar-refractivity contribution is 6.10. The molecule has 0 spiro atoms. The topological polar surface area (TPSA) is 84.6 Å². The minimum absolute atomic E-state index is 0.306. The summed E-state index contributed by atoms with van der Waals surface area (Å²) >= 11 is 0. The summed E-state index contributed by atoms with van der Waals surface area (Å²) in [6.45, 7) is 1.25. The third kappa shape index (κ3) is 2.02. The lowest BCUT2D eigenvalue weighted by molar-refractivity contribution is -0.131. The van der Waals surface area contributed by atoms with E-state index in [2.05, 4.69) is 5.32 Å². The van der Waals surface area contributed by atoms with E-state index in [4.69, 9.17) is 4.42 Å². The molecule has 0 aliphatic carbocycles. The fraction of sp³-hybridized carbons (Fsp3) is 0.267. The number of carbonyl (C=O) groups is 3. The first-order chi connectivity index (χ1) is 10.4. The van der Waals surface area contributed by atoms with E-state index in [1.54, 1.807) is 49.0 Å². The predicted molar refractivity (Wildman–Crippen MR) is 76.0 cm³/mol. The first kappa shape index (κ1) is 14.1. The Kier molecular flexibility index (Phi) is 3.13. The lowest BCUT2D eigenvalue weighted by atomic mass is 9.99. The summed E-state index contributed by atoms with van der Waals surface area (Å²) in [5, 5.41) is 2.58. The molecule has 1 saturated heterocycles. The standard InChI is InChI=1S/C15H15N3O4/c1-15(12-6-4-8-22-12)13(20)18(14(21)16-15)9-11(19)10-5-3-7-17(10)2/h3-8H,9H2,1-2H3,(H,16,21). The number of hydrogen-bond acceptors (Lipinski definition) is 4. The molecule has 3 rings (SSSR count). The van der Waals surface area contributed by atoms with Gasteiger partial charge in [0, 0.05) is 13.2 Å². The number of rotatable bonds is 4. The first-order valence-corrected chi connectivity index (χ1v) is 6.76. The molecule has 0 bridgehead atoms. The van der Waals surface area contributed by atoms with Gasteiger partial charge in [0.1, 0.15) is 5.76 Å². The average Bonchev–Trinajstić information content (AvgIpc) is 3.17. The van der Waals surface area contributed by atoms with Crippen molar-refractivity contribution in [2.75, 3.05) is 6.54 Å². The van der Waals surface area contributed by atoms with Gasteiger partial charge in [-0.3, -0.25) is 14.5 Å². The van der Waals surface area contributed by atoms with Crippen LogP contribution in [0.5, 0.6) is 0 Å². The summed E-state index contributed by atoms with van der Waals surface area (Å²) in [4.78, 5) is 37.8. The molecule has 7 nitrogen and oxygen atoms in total. The maximum atomic E-state index is 12.5. The van der Waals surface area contributed by atoms with Crippen LogP contribution in [0, 0.1) is 0 Å². The number of ketones is 1. The summed E-state index contributed by atoms with van der Waals surface area (Å²) in [6.07, 6.45) is 3.16. The highest BCUT2D eigenvalue weighted by Gasteiger charge is 2.51. The fourth-order valence-electron chi connectivity index (χ4n) is 2.55. The number of hydrogen-bond donors (Lipinski definition) is 1. The molecule has 3 amide bonds. The van der Waals surface area contributed by atoms with Crippen molar-refractivity contribution >= 4 is 17.7 Å². The molecule has 2 aromatic rings. The van der Waals surface area contributed by atoms with Crippen molar-refractivity contribution in [2.24, 2.45) is 7.05 Å². The van der Waals surface area contributed by atoms with Crippen LogP contribution < -0.4 is 5.32 Å². The van der Waals surface area contributed by atoms with E-state index in [1.807, 2.05) is 0 Å². The van der Waals surface area contributed by atoms with E-state index in [9.17, 15) is 14.4 Å². The molecule has 0 saturated carbocycles. The number of furan rings is 1. The van der Waals surface area contributed by atoms with Crippen LogP contribution in [-0.4, -0.2) is 33.7 Å².